The molecule has 0 radical (unpaired) electrons. The SMILES string of the molecule is CSc1ccc(-n2c(C)cc(C(=O)O)c2C)cc1. The highest BCUT2D eigenvalue weighted by Crippen LogP contribution is 2.23. The van der Waals surface area contributed by atoms with Gasteiger partial charge in [-0.2, -0.15) is 0 Å². The summed E-state index contributed by atoms with van der Waals surface area (Å²) in [7, 11) is 0. The van der Waals surface area contributed by atoms with Gasteiger partial charge >= 0.3 is 5.97 Å². The van der Waals surface area contributed by atoms with Gasteiger partial charge in [-0.05, 0) is 50.4 Å². The Balaban J connectivity index is 2.53. The zero-order valence-electron chi connectivity index (χ0n) is 10.6. The largest absolute Gasteiger partial charge is 0.478 e. The number of hydrogen-bond acceptors (Lipinski definition) is 2. The van der Waals surface area contributed by atoms with Gasteiger partial charge in [0.2, 0.25) is 0 Å². The van der Waals surface area contributed by atoms with Crippen molar-refractivity contribution in [1.29, 1.82) is 0 Å². The molecule has 0 unspecified atom stereocenters. The molecule has 4 heteroatoms. The fraction of sp³-hybridized carbons (Fsp3) is 0.214. The molecule has 0 saturated heterocycles. The molecule has 2 aromatic rings. The van der Waals surface area contributed by atoms with Crippen molar-refractivity contribution in [1.82, 2.24) is 4.57 Å². The molecule has 2 rings (SSSR count). The zero-order chi connectivity index (χ0) is 13.3. The van der Waals surface area contributed by atoms with E-state index in [1.54, 1.807) is 17.8 Å². The molecule has 0 aliphatic heterocycles. The molecule has 0 aliphatic carbocycles. The molecule has 1 N–H and O–H groups in total. The first-order valence-electron chi connectivity index (χ1n) is 5.61. The van der Waals surface area contributed by atoms with E-state index in [2.05, 4.69) is 0 Å². The normalized spacial score (nSPS) is 10.6. The third-order valence-electron chi connectivity index (χ3n) is 2.99. The highest BCUT2D eigenvalue weighted by Gasteiger charge is 2.15. The molecule has 3 nitrogen and oxygen atoms in total. The Labute approximate surface area is 110 Å². The Morgan fingerprint density at radius 3 is 2.28 bits per heavy atom. The van der Waals surface area contributed by atoms with E-state index in [9.17, 15) is 4.79 Å². The highest BCUT2D eigenvalue weighted by molar-refractivity contribution is 7.98. The topological polar surface area (TPSA) is 42.2 Å². The van der Waals surface area contributed by atoms with Crippen molar-refractivity contribution < 1.29 is 9.90 Å². The maximum Gasteiger partial charge on any atom is 0.337 e. The van der Waals surface area contributed by atoms with Crippen LogP contribution < -0.4 is 0 Å². The third-order valence-corrected chi connectivity index (χ3v) is 3.74. The van der Waals surface area contributed by atoms with Gasteiger partial charge in [0.05, 0.1) is 5.56 Å². The fourth-order valence-electron chi connectivity index (χ4n) is 2.11. The van der Waals surface area contributed by atoms with Crippen molar-refractivity contribution in [2.24, 2.45) is 0 Å². The van der Waals surface area contributed by atoms with Crippen LogP contribution >= 0.6 is 11.8 Å². The summed E-state index contributed by atoms with van der Waals surface area (Å²) < 4.78 is 1.97. The third kappa shape index (κ3) is 2.16. The lowest BCUT2D eigenvalue weighted by atomic mass is 10.2. The molecule has 0 atom stereocenters. The number of aromatic carboxylic acids is 1. The van der Waals surface area contributed by atoms with Gasteiger partial charge in [0.25, 0.3) is 0 Å². The minimum atomic E-state index is -0.880. The molecule has 0 aliphatic rings. The zero-order valence-corrected chi connectivity index (χ0v) is 11.4. The standard InChI is InChI=1S/C14H15NO2S/c1-9-8-13(14(16)17)10(2)15(9)11-4-6-12(18-3)7-5-11/h4-8H,1-3H3,(H,16,17). The van der Waals surface area contributed by atoms with Gasteiger partial charge in [-0.25, -0.2) is 4.79 Å². The predicted molar refractivity (Wildman–Crippen MR) is 74.0 cm³/mol. The van der Waals surface area contributed by atoms with Gasteiger partial charge in [0.1, 0.15) is 0 Å². The Morgan fingerprint density at radius 1 is 1.22 bits per heavy atom. The summed E-state index contributed by atoms with van der Waals surface area (Å²) in [6, 6.07) is 9.81. The number of carbonyl (C=O) groups is 1. The smallest absolute Gasteiger partial charge is 0.337 e. The lowest BCUT2D eigenvalue weighted by Gasteiger charge is -2.10. The first kappa shape index (κ1) is 12.8. The maximum absolute atomic E-state index is 11.1. The van der Waals surface area contributed by atoms with Crippen LogP contribution in [0.1, 0.15) is 21.7 Å². The fourth-order valence-corrected chi connectivity index (χ4v) is 2.52. The van der Waals surface area contributed by atoms with E-state index in [0.717, 1.165) is 17.1 Å². The number of thioether (sulfide) groups is 1. The lowest BCUT2D eigenvalue weighted by Crippen LogP contribution is -2.02. The molecule has 0 spiro atoms. The van der Waals surface area contributed by atoms with Crippen molar-refractivity contribution in [3.8, 4) is 5.69 Å². The molecule has 94 valence electrons. The first-order chi connectivity index (χ1) is 8.54. The number of aromatic nitrogens is 1. The van der Waals surface area contributed by atoms with Crippen molar-refractivity contribution >= 4 is 17.7 Å². The van der Waals surface area contributed by atoms with Crippen LogP contribution in [0.15, 0.2) is 35.2 Å². The van der Waals surface area contributed by atoms with Gasteiger partial charge in [0.15, 0.2) is 0 Å². The summed E-state index contributed by atoms with van der Waals surface area (Å²) in [5.74, 6) is -0.880. The van der Waals surface area contributed by atoms with Crippen LogP contribution in [-0.4, -0.2) is 21.9 Å². The average molecular weight is 261 g/mol. The van der Waals surface area contributed by atoms with E-state index in [4.69, 9.17) is 5.11 Å². The molecule has 0 fully saturated rings. The molecule has 0 bridgehead atoms. The second-order valence-electron chi connectivity index (χ2n) is 4.12. The molecular weight excluding hydrogens is 246 g/mol. The summed E-state index contributed by atoms with van der Waals surface area (Å²) in [5.41, 5.74) is 3.05. The Kier molecular flexibility index (Phi) is 3.48. The van der Waals surface area contributed by atoms with Crippen LogP contribution in [0.4, 0.5) is 0 Å². The molecule has 0 saturated carbocycles. The summed E-state index contributed by atoms with van der Waals surface area (Å²) in [6.07, 6.45) is 2.03. The van der Waals surface area contributed by atoms with Crippen LogP contribution in [0.5, 0.6) is 0 Å². The van der Waals surface area contributed by atoms with Crippen molar-refractivity contribution in [3.63, 3.8) is 0 Å². The molecule has 0 amide bonds. The van der Waals surface area contributed by atoms with E-state index in [0.29, 0.717) is 5.56 Å². The number of aryl methyl sites for hydroxylation is 1. The van der Waals surface area contributed by atoms with Crippen molar-refractivity contribution in [2.45, 2.75) is 18.7 Å². The number of carboxylic acids is 1. The van der Waals surface area contributed by atoms with Gasteiger partial charge in [-0.1, -0.05) is 0 Å². The monoisotopic (exact) mass is 261 g/mol. The summed E-state index contributed by atoms with van der Waals surface area (Å²) in [6.45, 7) is 3.75. The van der Waals surface area contributed by atoms with Crippen LogP contribution in [0, 0.1) is 13.8 Å². The second-order valence-corrected chi connectivity index (χ2v) is 5.00. The molecular formula is C14H15NO2S. The lowest BCUT2D eigenvalue weighted by molar-refractivity contribution is 0.0696. The predicted octanol–water partition coefficient (Wildman–Crippen LogP) is 3.51. The quantitative estimate of drug-likeness (QED) is 0.860. The second kappa shape index (κ2) is 4.90. The number of rotatable bonds is 3. The average Bonchev–Trinajstić information content (AvgIpc) is 2.65. The number of hydrogen-bond donors (Lipinski definition) is 1. The summed E-state index contributed by atoms with van der Waals surface area (Å²) in [5, 5.41) is 9.12. The minimum absolute atomic E-state index is 0.362. The van der Waals surface area contributed by atoms with E-state index < -0.39 is 5.97 Å². The maximum atomic E-state index is 11.1. The van der Waals surface area contributed by atoms with Crippen LogP contribution in [0.2, 0.25) is 0 Å². The van der Waals surface area contributed by atoms with E-state index in [1.165, 1.54) is 4.90 Å². The minimum Gasteiger partial charge on any atom is -0.478 e. The molecule has 1 heterocycles. The van der Waals surface area contributed by atoms with Crippen molar-refractivity contribution in [3.05, 3.63) is 47.3 Å². The molecule has 1 aromatic heterocycles. The summed E-state index contributed by atoms with van der Waals surface area (Å²) >= 11 is 1.69. The van der Waals surface area contributed by atoms with E-state index in [-0.39, 0.29) is 0 Å². The van der Waals surface area contributed by atoms with Crippen LogP contribution in [0.3, 0.4) is 0 Å². The van der Waals surface area contributed by atoms with Gasteiger partial charge in [0, 0.05) is 22.0 Å². The van der Waals surface area contributed by atoms with Gasteiger partial charge < -0.3 is 9.67 Å². The van der Waals surface area contributed by atoms with E-state index >= 15 is 0 Å². The van der Waals surface area contributed by atoms with Crippen LogP contribution in [-0.2, 0) is 0 Å². The summed E-state index contributed by atoms with van der Waals surface area (Å²) in [4.78, 5) is 12.3. The molecule has 18 heavy (non-hydrogen) atoms. The van der Waals surface area contributed by atoms with Crippen LogP contribution in [0.25, 0.3) is 5.69 Å². The first-order valence-corrected chi connectivity index (χ1v) is 6.83. The van der Waals surface area contributed by atoms with Crippen molar-refractivity contribution in [2.75, 3.05) is 6.26 Å². The van der Waals surface area contributed by atoms with Gasteiger partial charge in [-0.3, -0.25) is 0 Å². The molecule has 1 aromatic carbocycles. The number of carboxylic acid groups (broad SMARTS) is 1. The number of nitrogens with zero attached hydrogens (tertiary/aromatic N) is 1. The van der Waals surface area contributed by atoms with Gasteiger partial charge in [-0.15, -0.1) is 11.8 Å². The van der Waals surface area contributed by atoms with E-state index in [1.807, 2.05) is 48.9 Å². The Morgan fingerprint density at radius 2 is 1.83 bits per heavy atom. The highest BCUT2D eigenvalue weighted by atomic mass is 32.2. The Hall–Kier alpha value is -1.68. The number of benzene rings is 1. The Bertz CT molecular complexity index is 585.